The van der Waals surface area contributed by atoms with E-state index in [1.807, 2.05) is 41.1 Å². The first kappa shape index (κ1) is 22.4. The van der Waals surface area contributed by atoms with Gasteiger partial charge in [0, 0.05) is 30.2 Å². The van der Waals surface area contributed by atoms with Crippen LogP contribution in [0, 0.1) is 0 Å². The Balaban J connectivity index is 1.30. The normalized spacial score (nSPS) is 14.1. The third-order valence-electron chi connectivity index (χ3n) is 6.00. The Morgan fingerprint density at radius 1 is 1.21 bits per heavy atom. The van der Waals surface area contributed by atoms with Gasteiger partial charge in [0.1, 0.15) is 5.75 Å². The molecule has 1 aliphatic carbocycles. The van der Waals surface area contributed by atoms with Gasteiger partial charge in [-0.05, 0) is 72.8 Å². The van der Waals surface area contributed by atoms with Gasteiger partial charge >= 0.3 is 5.97 Å². The fourth-order valence-electron chi connectivity index (χ4n) is 4.25. The maximum Gasteiger partial charge on any atom is 0.304 e. The highest BCUT2D eigenvalue weighted by atomic mass is 35.5. The summed E-state index contributed by atoms with van der Waals surface area (Å²) in [6.45, 7) is 1.03. The second-order valence-corrected chi connectivity index (χ2v) is 8.88. The molecule has 0 radical (unpaired) electrons. The molecule has 8 nitrogen and oxygen atoms in total. The first-order valence-electron chi connectivity index (χ1n) is 11.4. The van der Waals surface area contributed by atoms with Gasteiger partial charge in [-0.3, -0.25) is 9.36 Å². The Morgan fingerprint density at radius 2 is 2.06 bits per heavy atom. The monoisotopic (exact) mass is 480 g/mol. The van der Waals surface area contributed by atoms with Gasteiger partial charge in [0.2, 0.25) is 0 Å². The molecule has 2 aromatic heterocycles. The molecule has 5 rings (SSSR count). The van der Waals surface area contributed by atoms with Gasteiger partial charge in [0.15, 0.2) is 0 Å². The number of hydrogen-bond acceptors (Lipinski definition) is 6. The van der Waals surface area contributed by atoms with Crippen LogP contribution < -0.4 is 10.1 Å². The number of hydrogen-bond donors (Lipinski definition) is 2. The summed E-state index contributed by atoms with van der Waals surface area (Å²) in [5, 5.41) is 17.6. The second kappa shape index (κ2) is 9.87. The van der Waals surface area contributed by atoms with Gasteiger partial charge in [0.25, 0.3) is 11.8 Å². The molecule has 0 bridgehead atoms. The van der Waals surface area contributed by atoms with E-state index in [0.29, 0.717) is 35.7 Å². The number of nitrogens with zero attached hydrogens (tertiary/aromatic N) is 3. The van der Waals surface area contributed by atoms with E-state index in [9.17, 15) is 4.79 Å². The van der Waals surface area contributed by atoms with Crippen LogP contribution in [0.3, 0.4) is 0 Å². The Hall–Kier alpha value is -3.36. The number of carboxylic acids is 1. The number of nitrogens with one attached hydrogen (secondary N) is 1. The fourth-order valence-corrected chi connectivity index (χ4v) is 4.48. The van der Waals surface area contributed by atoms with Gasteiger partial charge in [-0.25, -0.2) is 0 Å². The molecule has 0 atom stereocenters. The lowest BCUT2D eigenvalue weighted by atomic mass is 10.1. The molecular weight excluding hydrogens is 456 g/mol. The van der Waals surface area contributed by atoms with Gasteiger partial charge in [-0.2, -0.15) is 4.98 Å². The molecule has 2 aromatic carbocycles. The van der Waals surface area contributed by atoms with Crippen LogP contribution in [0.4, 0.5) is 0 Å². The Bertz CT molecular complexity index is 1310. The van der Waals surface area contributed by atoms with Crippen LogP contribution >= 0.6 is 11.6 Å². The van der Waals surface area contributed by atoms with Crippen molar-refractivity contribution in [1.29, 1.82) is 0 Å². The molecule has 0 aliphatic heterocycles. The molecule has 1 fully saturated rings. The molecule has 0 spiro atoms. The van der Waals surface area contributed by atoms with E-state index in [0.717, 1.165) is 34.9 Å². The third-order valence-corrected chi connectivity index (χ3v) is 6.30. The van der Waals surface area contributed by atoms with Crippen LogP contribution in [0.15, 0.2) is 53.2 Å². The smallest absolute Gasteiger partial charge is 0.304 e. The number of benzene rings is 2. The fraction of sp³-hybridized carbons (Fsp3) is 0.320. The van der Waals surface area contributed by atoms with Crippen LogP contribution in [-0.2, 0) is 11.3 Å². The zero-order chi connectivity index (χ0) is 23.5. The van der Waals surface area contributed by atoms with E-state index in [4.69, 9.17) is 26.0 Å². The first-order valence-corrected chi connectivity index (χ1v) is 11.8. The van der Waals surface area contributed by atoms with E-state index in [2.05, 4.69) is 21.5 Å². The molecule has 9 heteroatoms. The van der Waals surface area contributed by atoms with Crippen molar-refractivity contribution < 1.29 is 19.2 Å². The zero-order valence-corrected chi connectivity index (χ0v) is 19.3. The van der Waals surface area contributed by atoms with Gasteiger partial charge < -0.3 is 19.7 Å². The maximum absolute atomic E-state index is 10.6. The van der Waals surface area contributed by atoms with Crippen molar-refractivity contribution in [3.8, 4) is 23.2 Å². The van der Waals surface area contributed by atoms with Crippen LogP contribution in [0.25, 0.3) is 28.3 Å². The predicted octanol–water partition coefficient (Wildman–Crippen LogP) is 5.22. The average molecular weight is 481 g/mol. The molecule has 176 valence electrons. The van der Waals surface area contributed by atoms with Crippen molar-refractivity contribution in [2.24, 2.45) is 0 Å². The number of aliphatic carboxylic acids is 1. The Labute approximate surface area is 201 Å². The summed E-state index contributed by atoms with van der Waals surface area (Å²) in [5.74, 6) is 0.682. The van der Waals surface area contributed by atoms with E-state index < -0.39 is 5.97 Å². The summed E-state index contributed by atoms with van der Waals surface area (Å²) in [5.41, 5.74) is 2.74. The van der Waals surface area contributed by atoms with E-state index in [-0.39, 0.29) is 12.5 Å². The quantitative estimate of drug-likeness (QED) is 0.316. The minimum absolute atomic E-state index is 0.0975. The number of aromatic nitrogens is 3. The molecule has 2 N–H and O–H groups in total. The summed E-state index contributed by atoms with van der Waals surface area (Å²) in [7, 11) is 0. The van der Waals surface area contributed by atoms with Crippen molar-refractivity contribution in [2.45, 2.75) is 44.8 Å². The minimum Gasteiger partial charge on any atom is -0.489 e. The standard InChI is InChI=1S/C25H25ClN4O4/c26-20-14-18(6-8-22(20)33-19-3-1-2-4-19)24-28-25(29-34-24)30-12-10-17-13-16(5-7-21(17)30)15-27-11-9-23(31)32/h5-8,10,12-14,19,27H,1-4,9,11,15H2,(H,31,32). The largest absolute Gasteiger partial charge is 0.489 e. The van der Waals surface area contributed by atoms with Crippen molar-refractivity contribution in [3.63, 3.8) is 0 Å². The number of ether oxygens (including phenoxy) is 1. The number of carbonyl (C=O) groups is 1. The van der Waals surface area contributed by atoms with Crippen LogP contribution in [0.5, 0.6) is 5.75 Å². The van der Waals surface area contributed by atoms with Gasteiger partial charge in [-0.1, -0.05) is 17.7 Å². The lowest BCUT2D eigenvalue weighted by molar-refractivity contribution is -0.136. The molecule has 1 saturated carbocycles. The lowest BCUT2D eigenvalue weighted by Crippen LogP contribution is -2.17. The molecule has 34 heavy (non-hydrogen) atoms. The number of rotatable bonds is 9. The Kier molecular flexibility index (Phi) is 6.51. The van der Waals surface area contributed by atoms with Crippen molar-refractivity contribution in [1.82, 2.24) is 20.0 Å². The molecule has 2 heterocycles. The SMILES string of the molecule is O=C(O)CCNCc1ccc2c(ccn2-c2noc(-c3ccc(OC4CCCC4)c(Cl)c3)n2)c1. The minimum atomic E-state index is -0.810. The average Bonchev–Trinajstić information content (AvgIpc) is 3.58. The maximum atomic E-state index is 10.6. The summed E-state index contributed by atoms with van der Waals surface area (Å²) < 4.78 is 13.4. The first-order chi connectivity index (χ1) is 16.6. The summed E-state index contributed by atoms with van der Waals surface area (Å²) >= 11 is 6.46. The zero-order valence-electron chi connectivity index (χ0n) is 18.5. The predicted molar refractivity (Wildman–Crippen MR) is 128 cm³/mol. The number of carboxylic acid groups (broad SMARTS) is 1. The van der Waals surface area contributed by atoms with E-state index in [1.54, 1.807) is 6.07 Å². The van der Waals surface area contributed by atoms with Crippen LogP contribution in [-0.4, -0.2) is 38.4 Å². The molecule has 1 aliphatic rings. The molecule has 0 unspecified atom stereocenters. The molecule has 0 amide bonds. The number of halogens is 1. The highest BCUT2D eigenvalue weighted by Crippen LogP contribution is 2.33. The van der Waals surface area contributed by atoms with Gasteiger partial charge in [0.05, 0.1) is 23.1 Å². The second-order valence-electron chi connectivity index (χ2n) is 8.47. The third kappa shape index (κ3) is 4.93. The van der Waals surface area contributed by atoms with Crippen molar-refractivity contribution in [3.05, 3.63) is 59.2 Å². The molecule has 4 aromatic rings. The lowest BCUT2D eigenvalue weighted by Gasteiger charge is -2.14. The topological polar surface area (TPSA) is 102 Å². The van der Waals surface area contributed by atoms with E-state index >= 15 is 0 Å². The molecular formula is C25H25ClN4O4. The highest BCUT2D eigenvalue weighted by molar-refractivity contribution is 6.32. The summed E-state index contributed by atoms with van der Waals surface area (Å²) in [4.78, 5) is 15.2. The van der Waals surface area contributed by atoms with E-state index in [1.165, 1.54) is 12.8 Å². The van der Waals surface area contributed by atoms with Crippen LogP contribution in [0.1, 0.15) is 37.7 Å². The van der Waals surface area contributed by atoms with Crippen molar-refractivity contribution in [2.75, 3.05) is 6.54 Å². The summed E-state index contributed by atoms with van der Waals surface area (Å²) in [6, 6.07) is 13.6. The van der Waals surface area contributed by atoms with Gasteiger partial charge in [-0.15, -0.1) is 0 Å². The number of fused-ring (bicyclic) bond motifs is 1. The summed E-state index contributed by atoms with van der Waals surface area (Å²) in [6.07, 6.45) is 6.76. The highest BCUT2D eigenvalue weighted by Gasteiger charge is 2.19. The van der Waals surface area contributed by atoms with Crippen LogP contribution in [0.2, 0.25) is 5.02 Å². The molecule has 0 saturated heterocycles. The van der Waals surface area contributed by atoms with Crippen molar-refractivity contribution >= 4 is 28.5 Å². The Morgan fingerprint density at radius 3 is 2.85 bits per heavy atom.